The van der Waals surface area contributed by atoms with Gasteiger partial charge in [-0.05, 0) is 35.9 Å². The van der Waals surface area contributed by atoms with Crippen molar-refractivity contribution in [2.45, 2.75) is 6.42 Å². The van der Waals surface area contributed by atoms with Crippen LogP contribution in [0.1, 0.15) is 11.4 Å². The number of hydrogen-bond donors (Lipinski definition) is 0. The predicted molar refractivity (Wildman–Crippen MR) is 93.2 cm³/mol. The fraction of sp³-hybridized carbons (Fsp3) is 0.105. The van der Waals surface area contributed by atoms with Crippen molar-refractivity contribution in [3.63, 3.8) is 0 Å². The summed E-state index contributed by atoms with van der Waals surface area (Å²) >= 11 is 0. The van der Waals surface area contributed by atoms with E-state index >= 15 is 0 Å². The maximum atomic E-state index is 14.2. The van der Waals surface area contributed by atoms with Gasteiger partial charge >= 0.3 is 0 Å². The van der Waals surface area contributed by atoms with Crippen LogP contribution in [0.5, 0.6) is 0 Å². The minimum absolute atomic E-state index is 0.0672. The van der Waals surface area contributed by atoms with Gasteiger partial charge in [0.2, 0.25) is 0 Å². The number of nitrogens with zero attached hydrogens (tertiary/aromatic N) is 4. The summed E-state index contributed by atoms with van der Waals surface area (Å²) in [6, 6.07) is 6.92. The minimum atomic E-state index is -1.60. The van der Waals surface area contributed by atoms with Crippen LogP contribution in [-0.2, 0) is 13.5 Å². The summed E-state index contributed by atoms with van der Waals surface area (Å²) < 4.78 is 57.0. The van der Waals surface area contributed by atoms with Gasteiger partial charge in [0.25, 0.3) is 5.56 Å². The zero-order chi connectivity index (χ0) is 20.0. The van der Waals surface area contributed by atoms with Crippen molar-refractivity contribution in [3.8, 4) is 5.69 Å². The Morgan fingerprint density at radius 3 is 2.39 bits per heavy atom. The highest BCUT2D eigenvalue weighted by Crippen LogP contribution is 2.20. The third-order valence-electron chi connectivity index (χ3n) is 4.35. The number of rotatable bonds is 3. The van der Waals surface area contributed by atoms with Gasteiger partial charge in [-0.15, -0.1) is 0 Å². The Bertz CT molecular complexity index is 1260. The van der Waals surface area contributed by atoms with E-state index in [-0.39, 0.29) is 34.7 Å². The van der Waals surface area contributed by atoms with Crippen molar-refractivity contribution in [2.24, 2.45) is 7.05 Å². The summed E-state index contributed by atoms with van der Waals surface area (Å²) in [6.07, 6.45) is 1.10. The first-order chi connectivity index (χ1) is 13.4. The molecule has 2 aromatic carbocycles. The predicted octanol–water partition coefficient (Wildman–Crippen LogP) is 3.27. The first-order valence-electron chi connectivity index (χ1n) is 8.18. The van der Waals surface area contributed by atoms with E-state index in [1.165, 1.54) is 23.0 Å². The van der Waals surface area contributed by atoms with Crippen LogP contribution in [0.2, 0.25) is 0 Å². The van der Waals surface area contributed by atoms with E-state index < -0.39 is 28.8 Å². The number of fused-ring (bicyclic) bond motifs is 1. The molecule has 2 aromatic heterocycles. The van der Waals surface area contributed by atoms with Crippen LogP contribution < -0.4 is 5.56 Å². The molecule has 0 radical (unpaired) electrons. The van der Waals surface area contributed by atoms with Gasteiger partial charge < -0.3 is 4.57 Å². The molecule has 142 valence electrons. The molecule has 0 atom stereocenters. The topological polar surface area (TPSA) is 52.7 Å². The number of aryl methyl sites for hydroxylation is 1. The maximum Gasteiger partial charge on any atom is 0.286 e. The molecule has 0 saturated carbocycles. The summed E-state index contributed by atoms with van der Waals surface area (Å²) in [7, 11) is 1.63. The van der Waals surface area contributed by atoms with Gasteiger partial charge in [0, 0.05) is 13.5 Å². The highest BCUT2D eigenvalue weighted by atomic mass is 19.2. The molecule has 0 unspecified atom stereocenters. The molecule has 28 heavy (non-hydrogen) atoms. The van der Waals surface area contributed by atoms with Gasteiger partial charge in [0.15, 0.2) is 28.6 Å². The minimum Gasteiger partial charge on any atom is -0.318 e. The molecule has 0 saturated heterocycles. The molecule has 5 nitrogen and oxygen atoms in total. The number of aromatic nitrogens is 4. The molecule has 0 aliphatic heterocycles. The van der Waals surface area contributed by atoms with Crippen molar-refractivity contribution in [3.05, 3.63) is 87.7 Å². The summed E-state index contributed by atoms with van der Waals surface area (Å²) in [6.45, 7) is 0. The Hall–Kier alpha value is -3.49. The third kappa shape index (κ3) is 2.84. The lowest BCUT2D eigenvalue weighted by Gasteiger charge is -2.13. The molecule has 0 spiro atoms. The Morgan fingerprint density at radius 1 is 0.964 bits per heavy atom. The molecule has 4 rings (SSSR count). The monoisotopic (exact) mass is 388 g/mol. The lowest BCUT2D eigenvalue weighted by atomic mass is 10.1. The van der Waals surface area contributed by atoms with Gasteiger partial charge in [-0.25, -0.2) is 27.5 Å². The quantitative estimate of drug-likeness (QED) is 0.400. The second-order valence-electron chi connectivity index (χ2n) is 6.18. The van der Waals surface area contributed by atoms with E-state index in [0.717, 1.165) is 28.8 Å². The van der Waals surface area contributed by atoms with E-state index in [1.54, 1.807) is 7.05 Å². The average molecular weight is 388 g/mol. The van der Waals surface area contributed by atoms with E-state index in [0.29, 0.717) is 0 Å². The molecular formula is C19H12F4N4O. The van der Waals surface area contributed by atoms with Crippen LogP contribution in [0, 0.1) is 23.3 Å². The van der Waals surface area contributed by atoms with E-state index in [9.17, 15) is 22.4 Å². The van der Waals surface area contributed by atoms with Gasteiger partial charge in [-0.2, -0.15) is 0 Å². The number of hydrogen-bond acceptors (Lipinski definition) is 3. The molecule has 0 fully saturated rings. The smallest absolute Gasteiger partial charge is 0.286 e. The number of imidazole rings is 1. The van der Waals surface area contributed by atoms with Crippen molar-refractivity contribution >= 4 is 11.2 Å². The van der Waals surface area contributed by atoms with Gasteiger partial charge in [0.05, 0.1) is 12.0 Å². The van der Waals surface area contributed by atoms with Gasteiger partial charge in [0.1, 0.15) is 11.6 Å². The SMILES string of the molecule is Cn1cnc2c(=O)n(-c3ccc(F)cc3)c(Cc3ccc(F)c(F)c3F)nc21. The van der Waals surface area contributed by atoms with Crippen molar-refractivity contribution < 1.29 is 17.6 Å². The fourth-order valence-corrected chi connectivity index (χ4v) is 2.95. The number of benzene rings is 2. The van der Waals surface area contributed by atoms with Crippen LogP contribution in [0.3, 0.4) is 0 Å². The molecule has 0 amide bonds. The van der Waals surface area contributed by atoms with E-state index in [1.807, 2.05) is 0 Å². The number of halogens is 4. The van der Waals surface area contributed by atoms with E-state index in [2.05, 4.69) is 9.97 Å². The van der Waals surface area contributed by atoms with Crippen molar-refractivity contribution in [1.82, 2.24) is 19.1 Å². The Balaban J connectivity index is 1.97. The molecule has 0 bridgehead atoms. The standard InChI is InChI=1S/C19H12F4N4O/c1-26-9-24-17-18(26)25-14(8-10-2-7-13(21)16(23)15(10)22)27(19(17)28)12-5-3-11(20)4-6-12/h2-7,9H,8H2,1H3. The van der Waals surface area contributed by atoms with Crippen LogP contribution in [-0.4, -0.2) is 19.1 Å². The molecular weight excluding hydrogens is 376 g/mol. The molecule has 0 aliphatic rings. The largest absolute Gasteiger partial charge is 0.318 e. The molecule has 4 aromatic rings. The van der Waals surface area contributed by atoms with Crippen LogP contribution in [0.4, 0.5) is 17.6 Å². The summed E-state index contributed by atoms with van der Waals surface area (Å²) in [5.74, 6) is -4.71. The summed E-state index contributed by atoms with van der Waals surface area (Å²) in [5, 5.41) is 0. The average Bonchev–Trinajstić information content (AvgIpc) is 3.05. The van der Waals surface area contributed by atoms with Gasteiger partial charge in [-0.3, -0.25) is 9.36 Å². The highest BCUT2D eigenvalue weighted by molar-refractivity contribution is 5.70. The van der Waals surface area contributed by atoms with E-state index in [4.69, 9.17) is 0 Å². The molecule has 2 heterocycles. The third-order valence-corrected chi connectivity index (χ3v) is 4.35. The second kappa shape index (κ2) is 6.59. The highest BCUT2D eigenvalue weighted by Gasteiger charge is 2.20. The fourth-order valence-electron chi connectivity index (χ4n) is 2.95. The maximum absolute atomic E-state index is 14.2. The molecule has 0 N–H and O–H groups in total. The normalized spacial score (nSPS) is 11.3. The van der Waals surface area contributed by atoms with Gasteiger partial charge in [-0.1, -0.05) is 6.07 Å². The van der Waals surface area contributed by atoms with Crippen LogP contribution in [0.25, 0.3) is 16.9 Å². The van der Waals surface area contributed by atoms with Crippen LogP contribution in [0.15, 0.2) is 47.5 Å². The summed E-state index contributed by atoms with van der Waals surface area (Å²) in [4.78, 5) is 21.4. The molecule has 0 aliphatic carbocycles. The Labute approximate surface area is 155 Å². The Morgan fingerprint density at radius 2 is 1.68 bits per heavy atom. The van der Waals surface area contributed by atoms with Crippen LogP contribution >= 0.6 is 0 Å². The zero-order valence-electron chi connectivity index (χ0n) is 14.5. The second-order valence-corrected chi connectivity index (χ2v) is 6.18. The first kappa shape index (κ1) is 17.9. The van der Waals surface area contributed by atoms with Crippen molar-refractivity contribution in [1.29, 1.82) is 0 Å². The first-order valence-corrected chi connectivity index (χ1v) is 8.18. The van der Waals surface area contributed by atoms with Crippen molar-refractivity contribution in [2.75, 3.05) is 0 Å². The lowest BCUT2D eigenvalue weighted by Crippen LogP contribution is -2.25. The zero-order valence-corrected chi connectivity index (χ0v) is 14.5. The Kier molecular flexibility index (Phi) is 4.21. The summed E-state index contributed by atoms with van der Waals surface area (Å²) in [5.41, 5.74) is -0.120. The molecule has 9 heteroatoms. The lowest BCUT2D eigenvalue weighted by molar-refractivity contribution is 0.441.